The van der Waals surface area contributed by atoms with Crippen LogP contribution in [0.3, 0.4) is 0 Å². The fourth-order valence-corrected chi connectivity index (χ4v) is 6.12. The summed E-state index contributed by atoms with van der Waals surface area (Å²) in [6.07, 6.45) is 3.06. The van der Waals surface area contributed by atoms with Crippen LogP contribution in [0.5, 0.6) is 0 Å². The Kier molecular flexibility index (Phi) is 8.61. The molecule has 0 bridgehead atoms. The monoisotopic (exact) mass is 622 g/mol. The fourth-order valence-electron chi connectivity index (χ4n) is 6.12. The van der Waals surface area contributed by atoms with E-state index >= 15 is 0 Å². The molecule has 1 fully saturated rings. The standard InChI is InChI=1S/C35H38N6O5/c1-38(2)25-11-12-27-23(19-25)13-18-41(34(27)45)31-6-4-5-28(29(31)21-42)30-20-39(3)35(46)32(37-30)36-24-9-7-22(8-10-24)33(44)40-16-14-26(43)15-17-40/h4-12,19-20,26,42-43H,13-18,21H2,1-3H3,(H,36,37). The summed E-state index contributed by atoms with van der Waals surface area (Å²) in [5, 5.41) is 23.4. The van der Waals surface area contributed by atoms with Crippen molar-refractivity contribution in [1.82, 2.24) is 14.5 Å². The second-order valence-corrected chi connectivity index (χ2v) is 12.0. The predicted octanol–water partition coefficient (Wildman–Crippen LogP) is 3.55. The quantitative estimate of drug-likeness (QED) is 0.285. The molecule has 0 spiro atoms. The topological polar surface area (TPSA) is 131 Å². The van der Waals surface area contributed by atoms with Crippen molar-refractivity contribution in [2.45, 2.75) is 32.0 Å². The van der Waals surface area contributed by atoms with Crippen molar-refractivity contribution >= 4 is 34.7 Å². The van der Waals surface area contributed by atoms with Gasteiger partial charge in [0.05, 0.1) is 24.1 Å². The number of amides is 2. The molecular weight excluding hydrogens is 584 g/mol. The molecule has 11 heteroatoms. The van der Waals surface area contributed by atoms with Crippen LogP contribution in [0.1, 0.15) is 44.7 Å². The second kappa shape index (κ2) is 12.8. The highest BCUT2D eigenvalue weighted by Crippen LogP contribution is 2.34. The zero-order valence-corrected chi connectivity index (χ0v) is 26.2. The fraction of sp³-hybridized carbons (Fsp3) is 0.314. The van der Waals surface area contributed by atoms with Gasteiger partial charge in [0, 0.05) is 80.6 Å². The molecule has 2 aliphatic heterocycles. The average molecular weight is 623 g/mol. The maximum atomic E-state index is 13.7. The number of nitrogens with zero attached hydrogens (tertiary/aromatic N) is 5. The van der Waals surface area contributed by atoms with Crippen molar-refractivity contribution in [2.24, 2.45) is 7.05 Å². The van der Waals surface area contributed by atoms with E-state index in [0.717, 1.165) is 11.3 Å². The number of aliphatic hydroxyl groups excluding tert-OH is 2. The maximum absolute atomic E-state index is 13.7. The lowest BCUT2D eigenvalue weighted by molar-refractivity contribution is 0.0546. The first kappa shape index (κ1) is 31.0. The summed E-state index contributed by atoms with van der Waals surface area (Å²) in [6.45, 7) is 1.16. The molecule has 1 aromatic heterocycles. The van der Waals surface area contributed by atoms with Gasteiger partial charge in [0.25, 0.3) is 17.4 Å². The van der Waals surface area contributed by atoms with E-state index < -0.39 is 0 Å². The van der Waals surface area contributed by atoms with E-state index in [2.05, 4.69) is 10.3 Å². The number of benzene rings is 3. The van der Waals surface area contributed by atoms with Gasteiger partial charge in [-0.05, 0) is 73.4 Å². The lowest BCUT2D eigenvalue weighted by atomic mass is 9.95. The van der Waals surface area contributed by atoms with Crippen LogP contribution in [-0.2, 0) is 20.1 Å². The Morgan fingerprint density at radius 2 is 1.74 bits per heavy atom. The van der Waals surface area contributed by atoms with Crippen molar-refractivity contribution in [3.8, 4) is 11.3 Å². The molecule has 3 aromatic carbocycles. The first-order valence-corrected chi connectivity index (χ1v) is 15.4. The number of piperidine rings is 1. The minimum absolute atomic E-state index is 0.0815. The number of hydrogen-bond donors (Lipinski definition) is 3. The number of aromatic nitrogens is 2. The number of anilines is 4. The summed E-state index contributed by atoms with van der Waals surface area (Å²) in [5.41, 5.74) is 5.61. The van der Waals surface area contributed by atoms with Crippen molar-refractivity contribution in [1.29, 1.82) is 0 Å². The van der Waals surface area contributed by atoms with E-state index in [1.54, 1.807) is 47.3 Å². The Hall–Kier alpha value is -5.00. The summed E-state index contributed by atoms with van der Waals surface area (Å²) < 4.78 is 1.42. The van der Waals surface area contributed by atoms with Crippen molar-refractivity contribution < 1.29 is 19.8 Å². The zero-order valence-electron chi connectivity index (χ0n) is 26.2. The third-order valence-electron chi connectivity index (χ3n) is 8.78. The number of nitrogens with one attached hydrogen (secondary N) is 1. The molecule has 0 saturated carbocycles. The molecule has 11 nitrogen and oxygen atoms in total. The van der Waals surface area contributed by atoms with Gasteiger partial charge < -0.3 is 34.8 Å². The largest absolute Gasteiger partial charge is 0.393 e. The van der Waals surface area contributed by atoms with Gasteiger partial charge in [-0.25, -0.2) is 4.98 Å². The first-order chi connectivity index (χ1) is 22.1. The maximum Gasteiger partial charge on any atom is 0.293 e. The Labute approximate surface area is 267 Å². The Morgan fingerprint density at radius 3 is 2.43 bits per heavy atom. The molecule has 3 N–H and O–H groups in total. The minimum Gasteiger partial charge on any atom is -0.393 e. The number of likely N-dealkylation sites (tertiary alicyclic amines) is 1. The minimum atomic E-state index is -0.362. The third kappa shape index (κ3) is 5.99. The van der Waals surface area contributed by atoms with Gasteiger partial charge in [0.1, 0.15) is 0 Å². The van der Waals surface area contributed by atoms with Crippen LogP contribution in [0.4, 0.5) is 22.9 Å². The number of hydrogen-bond acceptors (Lipinski definition) is 8. The molecule has 46 heavy (non-hydrogen) atoms. The summed E-state index contributed by atoms with van der Waals surface area (Å²) in [7, 11) is 5.56. The Bertz CT molecular complexity index is 1840. The number of carbonyl (C=O) groups is 2. The van der Waals surface area contributed by atoms with E-state index in [9.17, 15) is 24.6 Å². The molecule has 3 heterocycles. The second-order valence-electron chi connectivity index (χ2n) is 12.0. The number of carbonyl (C=O) groups excluding carboxylic acids is 2. The zero-order chi connectivity index (χ0) is 32.5. The molecule has 0 unspecified atom stereocenters. The SMILES string of the molecule is CN(C)c1ccc2c(c1)CCN(c1cccc(-c3cn(C)c(=O)c(Nc4ccc(C(=O)N5CCC(O)CC5)cc4)n3)c1CO)C2=O. The van der Waals surface area contributed by atoms with E-state index in [-0.39, 0.29) is 35.9 Å². The number of aliphatic hydroxyl groups is 2. The highest BCUT2D eigenvalue weighted by molar-refractivity contribution is 6.09. The van der Waals surface area contributed by atoms with E-state index in [1.807, 2.05) is 55.4 Å². The lowest BCUT2D eigenvalue weighted by Crippen LogP contribution is -2.40. The molecule has 2 aliphatic rings. The highest BCUT2D eigenvalue weighted by atomic mass is 16.3. The van der Waals surface area contributed by atoms with Crippen LogP contribution in [0, 0.1) is 0 Å². The van der Waals surface area contributed by atoms with Gasteiger partial charge >= 0.3 is 0 Å². The Morgan fingerprint density at radius 1 is 1.00 bits per heavy atom. The molecule has 6 rings (SSSR count). The average Bonchev–Trinajstić information content (AvgIpc) is 3.06. The van der Waals surface area contributed by atoms with Crippen LogP contribution in [0.25, 0.3) is 11.3 Å². The van der Waals surface area contributed by atoms with E-state index in [1.165, 1.54) is 4.57 Å². The van der Waals surface area contributed by atoms with Gasteiger partial charge in [0.15, 0.2) is 5.82 Å². The first-order valence-electron chi connectivity index (χ1n) is 15.4. The molecule has 2 amide bonds. The summed E-state index contributed by atoms with van der Waals surface area (Å²) >= 11 is 0. The van der Waals surface area contributed by atoms with Crippen LogP contribution in [0.2, 0.25) is 0 Å². The molecule has 1 saturated heterocycles. The van der Waals surface area contributed by atoms with Gasteiger partial charge in [-0.15, -0.1) is 0 Å². The van der Waals surface area contributed by atoms with E-state index in [0.29, 0.717) is 78.2 Å². The Balaban J connectivity index is 1.27. The molecular formula is C35H38N6O5. The van der Waals surface area contributed by atoms with E-state index in [4.69, 9.17) is 0 Å². The van der Waals surface area contributed by atoms with Crippen molar-refractivity contribution in [3.63, 3.8) is 0 Å². The molecule has 0 atom stereocenters. The van der Waals surface area contributed by atoms with Gasteiger partial charge in [0.2, 0.25) is 0 Å². The number of fused-ring (bicyclic) bond motifs is 1. The summed E-state index contributed by atoms with van der Waals surface area (Å²) in [5.74, 6) is -0.146. The van der Waals surface area contributed by atoms with Crippen LogP contribution in [-0.4, -0.2) is 76.3 Å². The molecule has 238 valence electrons. The molecule has 4 aromatic rings. The lowest BCUT2D eigenvalue weighted by Gasteiger charge is -2.31. The van der Waals surface area contributed by atoms with Gasteiger partial charge in [-0.3, -0.25) is 14.4 Å². The van der Waals surface area contributed by atoms with Crippen molar-refractivity contribution in [2.75, 3.05) is 48.8 Å². The summed E-state index contributed by atoms with van der Waals surface area (Å²) in [4.78, 5) is 49.8. The molecule has 0 radical (unpaired) electrons. The normalized spacial score (nSPS) is 15.1. The predicted molar refractivity (Wildman–Crippen MR) is 178 cm³/mol. The number of rotatable bonds is 7. The highest BCUT2D eigenvalue weighted by Gasteiger charge is 2.28. The van der Waals surface area contributed by atoms with Gasteiger partial charge in [-0.1, -0.05) is 12.1 Å². The van der Waals surface area contributed by atoms with Crippen LogP contribution in [0.15, 0.2) is 71.7 Å². The number of aryl methyl sites for hydroxylation is 1. The summed E-state index contributed by atoms with van der Waals surface area (Å²) in [6, 6.07) is 18.1. The van der Waals surface area contributed by atoms with Crippen molar-refractivity contribution in [3.05, 3.63) is 99.5 Å². The van der Waals surface area contributed by atoms with Crippen LogP contribution < -0.4 is 20.7 Å². The van der Waals surface area contributed by atoms with Gasteiger partial charge in [-0.2, -0.15) is 0 Å². The molecule has 0 aliphatic carbocycles. The third-order valence-corrected chi connectivity index (χ3v) is 8.78. The smallest absolute Gasteiger partial charge is 0.293 e. The van der Waals surface area contributed by atoms with Crippen LogP contribution >= 0.6 is 0 Å².